The Morgan fingerprint density at radius 2 is 1.12 bits per heavy atom. The van der Waals surface area contributed by atoms with Gasteiger partial charge in [0, 0.05) is 25.9 Å². The summed E-state index contributed by atoms with van der Waals surface area (Å²) in [5, 5.41) is 42.0. The minimum Gasteiger partial charge on any atom is -0.394 e. The van der Waals surface area contributed by atoms with E-state index in [1.165, 1.54) is 128 Å². The summed E-state index contributed by atoms with van der Waals surface area (Å²) in [6.45, 7) is 6.99. The number of allylic oxidation sites excluding steroid dienone is 8. The molecule has 0 aromatic heterocycles. The van der Waals surface area contributed by atoms with Crippen molar-refractivity contribution < 1.29 is 53.6 Å². The molecule has 0 aromatic rings. The highest BCUT2D eigenvalue weighted by molar-refractivity contribution is 5.77. The fourth-order valence-corrected chi connectivity index (χ4v) is 8.58. The number of unbranched alkanes of at least 4 members (excludes halogenated alkanes) is 18. The summed E-state index contributed by atoms with van der Waals surface area (Å²) >= 11 is 0. The van der Waals surface area contributed by atoms with Crippen LogP contribution in [0.5, 0.6) is 0 Å². The fourth-order valence-electron chi connectivity index (χ4n) is 8.58. The van der Waals surface area contributed by atoms with Gasteiger partial charge in [-0.2, -0.15) is 0 Å². The van der Waals surface area contributed by atoms with Gasteiger partial charge < -0.3 is 54.2 Å². The Balaban J connectivity index is 1.63. The van der Waals surface area contributed by atoms with Crippen molar-refractivity contribution in [3.05, 3.63) is 48.6 Å². The second kappa shape index (κ2) is 42.7. The van der Waals surface area contributed by atoms with Crippen molar-refractivity contribution >= 4 is 5.91 Å². The molecule has 0 radical (unpaired) electrons. The van der Waals surface area contributed by atoms with E-state index in [9.17, 15) is 25.2 Å². The quantitative estimate of drug-likeness (QED) is 0.0290. The molecule has 2 rings (SSSR count). The number of aliphatic hydroxyl groups excluding tert-OH is 4. The van der Waals surface area contributed by atoms with Crippen LogP contribution in [0.3, 0.4) is 0 Å². The molecule has 0 aliphatic carbocycles. The summed E-state index contributed by atoms with van der Waals surface area (Å²) in [4.78, 5) is 14.7. The van der Waals surface area contributed by atoms with Crippen LogP contribution in [0.2, 0.25) is 0 Å². The monoisotopic (exact) mass is 965 g/mol. The van der Waals surface area contributed by atoms with Crippen LogP contribution in [0.25, 0.3) is 0 Å². The zero-order valence-electron chi connectivity index (χ0n) is 43.1. The van der Waals surface area contributed by atoms with Gasteiger partial charge in [0.1, 0.15) is 24.4 Å². The SMILES string of the molecule is CCCCC/C=C\C/C=C\CCCCCCCCC1(CCCCCCCC/C=C\C/C=C\CCCCC)OCC(CN(C)CC(=O)NCCOCCOCCO[C@@H]2OC(CO)C(O)C(O)C2O)O1. The minimum atomic E-state index is -1.49. The van der Waals surface area contributed by atoms with E-state index in [0.29, 0.717) is 39.5 Å². The number of rotatable bonds is 45. The smallest absolute Gasteiger partial charge is 0.234 e. The van der Waals surface area contributed by atoms with Crippen LogP contribution < -0.4 is 5.32 Å². The highest BCUT2D eigenvalue weighted by Gasteiger charge is 2.44. The lowest BCUT2D eigenvalue weighted by molar-refractivity contribution is -0.302. The van der Waals surface area contributed by atoms with Crippen molar-refractivity contribution in [2.24, 2.45) is 0 Å². The van der Waals surface area contributed by atoms with Crippen molar-refractivity contribution in [1.82, 2.24) is 10.2 Å². The highest BCUT2D eigenvalue weighted by atomic mass is 16.7. The van der Waals surface area contributed by atoms with Crippen molar-refractivity contribution in [2.75, 3.05) is 72.9 Å². The standard InChI is InChI=1S/C55H100N2O11/c1-4-6-8-10-12-14-16-18-20-22-24-26-28-30-32-34-36-55(37-35-33-31-29-27-25-23-21-19-17-15-13-11-9-7-5-2)66-47-48(68-55)44-57(3)45-50(59)56-38-39-63-40-41-64-42-43-65-54-53(62)52(61)51(60)49(46-58)67-54/h12-15,18-21,48-49,51-54,58,60-62H,4-11,16-17,22-47H2,1-3H3,(H,56,59)/b14-12-,15-13-,20-18-,21-19-/t48?,49?,51?,52?,53?,54-/m1/s1. The Hall–Kier alpha value is -2.01. The molecule has 0 aromatic carbocycles. The average molecular weight is 965 g/mol. The van der Waals surface area contributed by atoms with Gasteiger partial charge in [0.15, 0.2) is 12.1 Å². The number of likely N-dealkylation sites (N-methyl/N-ethyl adjacent to an activating group) is 1. The second-order valence-corrected chi connectivity index (χ2v) is 19.0. The van der Waals surface area contributed by atoms with Gasteiger partial charge in [-0.15, -0.1) is 0 Å². The maximum absolute atomic E-state index is 12.7. The highest BCUT2D eigenvalue weighted by Crippen LogP contribution is 2.35. The Labute approximate surface area is 413 Å². The number of nitrogens with zero attached hydrogens (tertiary/aromatic N) is 1. The van der Waals surface area contributed by atoms with Crippen molar-refractivity contribution in [1.29, 1.82) is 0 Å². The molecule has 6 atom stereocenters. The molecule has 2 saturated heterocycles. The summed E-state index contributed by atoms with van der Waals surface area (Å²) in [6, 6.07) is 0. The third kappa shape index (κ3) is 31.4. The van der Waals surface area contributed by atoms with Gasteiger partial charge in [0.05, 0.1) is 58.9 Å². The van der Waals surface area contributed by atoms with E-state index in [2.05, 4.69) is 67.8 Å². The molecule has 1 amide bonds. The van der Waals surface area contributed by atoms with E-state index in [1.54, 1.807) is 0 Å². The third-order valence-corrected chi connectivity index (χ3v) is 12.7. The molecule has 2 fully saturated rings. The summed E-state index contributed by atoms with van der Waals surface area (Å²) in [7, 11) is 1.95. The molecule has 13 nitrogen and oxygen atoms in total. The van der Waals surface area contributed by atoms with Crippen molar-refractivity contribution in [3.8, 4) is 0 Å². The van der Waals surface area contributed by atoms with Crippen LogP contribution in [0.1, 0.15) is 181 Å². The molecular weight excluding hydrogens is 865 g/mol. The molecule has 2 aliphatic heterocycles. The van der Waals surface area contributed by atoms with Gasteiger partial charge in [-0.1, -0.05) is 140 Å². The van der Waals surface area contributed by atoms with E-state index in [0.717, 1.165) is 38.5 Å². The number of nitrogens with one attached hydrogen (secondary N) is 1. The third-order valence-electron chi connectivity index (χ3n) is 12.7. The summed E-state index contributed by atoms with van der Waals surface area (Å²) in [5.74, 6) is -0.609. The van der Waals surface area contributed by atoms with Gasteiger partial charge >= 0.3 is 0 Å². The van der Waals surface area contributed by atoms with Crippen LogP contribution in [0.4, 0.5) is 0 Å². The first-order chi connectivity index (χ1) is 33.2. The minimum absolute atomic E-state index is 0.0683. The average Bonchev–Trinajstić information content (AvgIpc) is 3.73. The van der Waals surface area contributed by atoms with Crippen LogP contribution in [-0.2, 0) is 33.2 Å². The first-order valence-electron chi connectivity index (χ1n) is 27.2. The van der Waals surface area contributed by atoms with E-state index in [1.807, 2.05) is 11.9 Å². The lowest BCUT2D eigenvalue weighted by Crippen LogP contribution is -2.59. The van der Waals surface area contributed by atoms with Crippen molar-refractivity contribution in [3.63, 3.8) is 0 Å². The number of carbonyl (C=O) groups is 1. The Morgan fingerprint density at radius 1 is 0.632 bits per heavy atom. The Kier molecular flexibility index (Phi) is 39.0. The van der Waals surface area contributed by atoms with Crippen LogP contribution >= 0.6 is 0 Å². The number of aliphatic hydroxyl groups is 4. The molecule has 13 heteroatoms. The molecule has 0 saturated carbocycles. The molecule has 2 heterocycles. The fraction of sp³-hybridized carbons (Fsp3) is 0.836. The first-order valence-corrected chi connectivity index (χ1v) is 27.2. The number of carbonyl (C=O) groups excluding carboxylic acids is 1. The zero-order chi connectivity index (χ0) is 49.2. The number of hydrogen-bond donors (Lipinski definition) is 5. The van der Waals surface area contributed by atoms with Crippen LogP contribution in [0.15, 0.2) is 48.6 Å². The van der Waals surface area contributed by atoms with Crippen LogP contribution in [0, 0.1) is 0 Å². The molecule has 0 spiro atoms. The van der Waals surface area contributed by atoms with Gasteiger partial charge in [0.25, 0.3) is 0 Å². The van der Waals surface area contributed by atoms with Gasteiger partial charge in [-0.3, -0.25) is 9.69 Å². The number of ether oxygens (including phenoxy) is 6. The molecular formula is C55H100N2O11. The number of amides is 1. The van der Waals surface area contributed by atoms with E-state index < -0.39 is 43.1 Å². The summed E-state index contributed by atoms with van der Waals surface area (Å²) in [5.41, 5.74) is 0. The topological polar surface area (TPSA) is 169 Å². The maximum Gasteiger partial charge on any atom is 0.234 e. The normalized spacial score (nSPS) is 22.1. The molecule has 5 N–H and O–H groups in total. The molecule has 5 unspecified atom stereocenters. The van der Waals surface area contributed by atoms with Crippen molar-refractivity contribution in [2.45, 2.75) is 223 Å². The lowest BCUT2D eigenvalue weighted by atomic mass is 9.98. The Morgan fingerprint density at radius 3 is 1.65 bits per heavy atom. The predicted octanol–water partition coefficient (Wildman–Crippen LogP) is 9.40. The van der Waals surface area contributed by atoms with Gasteiger partial charge in [-0.25, -0.2) is 0 Å². The first kappa shape index (κ1) is 62.1. The number of hydrogen-bond acceptors (Lipinski definition) is 12. The maximum atomic E-state index is 12.7. The second-order valence-electron chi connectivity index (χ2n) is 19.0. The Bertz CT molecular complexity index is 1250. The van der Waals surface area contributed by atoms with E-state index in [4.69, 9.17) is 28.4 Å². The zero-order valence-corrected chi connectivity index (χ0v) is 43.1. The summed E-state index contributed by atoms with van der Waals surface area (Å²) in [6.07, 6.45) is 43.2. The molecule has 0 bridgehead atoms. The molecule has 68 heavy (non-hydrogen) atoms. The van der Waals surface area contributed by atoms with E-state index in [-0.39, 0.29) is 31.8 Å². The van der Waals surface area contributed by atoms with Gasteiger partial charge in [-0.05, 0) is 84.1 Å². The molecule has 396 valence electrons. The molecule has 2 aliphatic rings. The van der Waals surface area contributed by atoms with E-state index >= 15 is 0 Å². The largest absolute Gasteiger partial charge is 0.394 e. The van der Waals surface area contributed by atoms with Gasteiger partial charge in [0.2, 0.25) is 5.91 Å². The lowest BCUT2D eigenvalue weighted by Gasteiger charge is -2.39. The summed E-state index contributed by atoms with van der Waals surface area (Å²) < 4.78 is 35.1. The van der Waals surface area contributed by atoms with Crippen LogP contribution in [-0.4, -0.2) is 147 Å². The predicted molar refractivity (Wildman–Crippen MR) is 273 cm³/mol.